The lowest BCUT2D eigenvalue weighted by Crippen LogP contribution is -1.97. The van der Waals surface area contributed by atoms with Crippen molar-refractivity contribution in [2.45, 2.75) is 6.54 Å². The molecule has 0 spiro atoms. The van der Waals surface area contributed by atoms with E-state index in [0.29, 0.717) is 11.6 Å². The van der Waals surface area contributed by atoms with E-state index >= 15 is 0 Å². The molecule has 2 N–H and O–H groups in total. The highest BCUT2D eigenvalue weighted by atomic mass is 35.5. The van der Waals surface area contributed by atoms with Crippen molar-refractivity contribution in [2.24, 2.45) is 5.73 Å². The predicted molar refractivity (Wildman–Crippen MR) is 80.1 cm³/mol. The monoisotopic (exact) mass is 268 g/mol. The Morgan fingerprint density at radius 3 is 2.63 bits per heavy atom. The Morgan fingerprint density at radius 2 is 1.84 bits per heavy atom. The molecule has 2 aromatic carbocycles. The minimum absolute atomic E-state index is 0.449. The van der Waals surface area contributed by atoms with Crippen molar-refractivity contribution in [2.75, 3.05) is 0 Å². The number of hydrogen-bond donors (Lipinski definition) is 1. The summed E-state index contributed by atoms with van der Waals surface area (Å²) >= 11 is 6.19. The zero-order valence-corrected chi connectivity index (χ0v) is 11.1. The Hall–Kier alpha value is -1.90. The summed E-state index contributed by atoms with van der Waals surface area (Å²) in [7, 11) is 0. The van der Waals surface area contributed by atoms with Crippen LogP contribution in [0.4, 0.5) is 0 Å². The molecule has 19 heavy (non-hydrogen) atoms. The number of nitrogens with zero attached hydrogens (tertiary/aromatic N) is 1. The first kappa shape index (κ1) is 12.2. The third kappa shape index (κ3) is 2.33. The second-order valence-electron chi connectivity index (χ2n) is 4.40. The van der Waals surface area contributed by atoms with Gasteiger partial charge in [0.1, 0.15) is 0 Å². The molecule has 0 aliphatic carbocycles. The summed E-state index contributed by atoms with van der Waals surface area (Å²) in [6, 6.07) is 18.0. The highest BCUT2D eigenvalue weighted by molar-refractivity contribution is 6.31. The number of rotatable bonds is 2. The van der Waals surface area contributed by atoms with E-state index in [0.717, 1.165) is 27.7 Å². The van der Waals surface area contributed by atoms with E-state index in [-0.39, 0.29) is 0 Å². The fraction of sp³-hybridized carbons (Fsp3) is 0.0625. The van der Waals surface area contributed by atoms with Crippen LogP contribution in [-0.2, 0) is 6.54 Å². The number of aromatic nitrogens is 1. The lowest BCUT2D eigenvalue weighted by Gasteiger charge is -2.06. The van der Waals surface area contributed by atoms with Gasteiger partial charge in [0.05, 0.1) is 11.2 Å². The van der Waals surface area contributed by atoms with Crippen LogP contribution in [0.3, 0.4) is 0 Å². The molecule has 0 aliphatic rings. The van der Waals surface area contributed by atoms with Crippen molar-refractivity contribution >= 4 is 22.5 Å². The van der Waals surface area contributed by atoms with Gasteiger partial charge in [0, 0.05) is 22.5 Å². The normalized spacial score (nSPS) is 10.8. The molecule has 0 saturated carbocycles. The van der Waals surface area contributed by atoms with Crippen LogP contribution in [-0.4, -0.2) is 4.98 Å². The lowest BCUT2D eigenvalue weighted by atomic mass is 10.1. The molecular formula is C16H13ClN2. The van der Waals surface area contributed by atoms with Gasteiger partial charge in [-0.25, -0.2) is 4.98 Å². The Morgan fingerprint density at radius 1 is 1.00 bits per heavy atom. The van der Waals surface area contributed by atoms with Crippen molar-refractivity contribution in [3.8, 4) is 11.3 Å². The van der Waals surface area contributed by atoms with Crippen molar-refractivity contribution in [1.82, 2.24) is 4.98 Å². The molecule has 0 atom stereocenters. The molecule has 1 aromatic heterocycles. The summed E-state index contributed by atoms with van der Waals surface area (Å²) < 4.78 is 0. The van der Waals surface area contributed by atoms with Crippen molar-refractivity contribution in [3.63, 3.8) is 0 Å². The van der Waals surface area contributed by atoms with Gasteiger partial charge in [-0.15, -0.1) is 0 Å². The van der Waals surface area contributed by atoms with Crippen LogP contribution in [0.5, 0.6) is 0 Å². The molecule has 0 amide bonds. The highest BCUT2D eigenvalue weighted by Gasteiger charge is 2.04. The quantitative estimate of drug-likeness (QED) is 0.763. The second-order valence-corrected chi connectivity index (χ2v) is 4.81. The SMILES string of the molecule is NCc1ccc(-c2ccc3ccccc3n2)cc1Cl. The van der Waals surface area contributed by atoms with Crippen LogP contribution < -0.4 is 5.73 Å². The van der Waals surface area contributed by atoms with E-state index in [1.165, 1.54) is 0 Å². The van der Waals surface area contributed by atoms with Gasteiger partial charge >= 0.3 is 0 Å². The maximum absolute atomic E-state index is 6.19. The fourth-order valence-electron chi connectivity index (χ4n) is 2.10. The highest BCUT2D eigenvalue weighted by Crippen LogP contribution is 2.25. The van der Waals surface area contributed by atoms with Crippen LogP contribution in [0.2, 0.25) is 5.02 Å². The number of benzene rings is 2. The molecule has 94 valence electrons. The zero-order chi connectivity index (χ0) is 13.2. The van der Waals surface area contributed by atoms with Gasteiger partial charge in [-0.1, -0.05) is 48.0 Å². The molecule has 3 aromatic rings. The zero-order valence-electron chi connectivity index (χ0n) is 10.3. The molecule has 0 fully saturated rings. The van der Waals surface area contributed by atoms with Gasteiger partial charge in [0.25, 0.3) is 0 Å². The summed E-state index contributed by atoms with van der Waals surface area (Å²) in [5.74, 6) is 0. The Bertz CT molecular complexity index is 738. The number of pyridine rings is 1. The Kier molecular flexibility index (Phi) is 3.20. The van der Waals surface area contributed by atoms with E-state index in [4.69, 9.17) is 17.3 Å². The van der Waals surface area contributed by atoms with Crippen LogP contribution in [0.15, 0.2) is 54.6 Å². The van der Waals surface area contributed by atoms with Gasteiger partial charge in [-0.3, -0.25) is 0 Å². The topological polar surface area (TPSA) is 38.9 Å². The number of halogens is 1. The molecule has 2 nitrogen and oxygen atoms in total. The number of hydrogen-bond acceptors (Lipinski definition) is 2. The summed E-state index contributed by atoms with van der Waals surface area (Å²) in [4.78, 5) is 4.65. The summed E-state index contributed by atoms with van der Waals surface area (Å²) in [5, 5.41) is 1.82. The number of fused-ring (bicyclic) bond motifs is 1. The first-order chi connectivity index (χ1) is 9.28. The smallest absolute Gasteiger partial charge is 0.0710 e. The van der Waals surface area contributed by atoms with Crippen molar-refractivity contribution in [3.05, 3.63) is 65.2 Å². The van der Waals surface area contributed by atoms with Crippen LogP contribution in [0.1, 0.15) is 5.56 Å². The average molecular weight is 269 g/mol. The van der Waals surface area contributed by atoms with Gasteiger partial charge in [-0.05, 0) is 23.8 Å². The fourth-order valence-corrected chi connectivity index (χ4v) is 2.36. The summed E-state index contributed by atoms with van der Waals surface area (Å²) in [6.45, 7) is 0.449. The molecule has 3 rings (SSSR count). The molecule has 3 heteroatoms. The Balaban J connectivity index is 2.11. The van der Waals surface area contributed by atoms with E-state index in [1.807, 2.05) is 42.5 Å². The van der Waals surface area contributed by atoms with Gasteiger partial charge in [-0.2, -0.15) is 0 Å². The van der Waals surface area contributed by atoms with Crippen LogP contribution in [0, 0.1) is 0 Å². The minimum Gasteiger partial charge on any atom is -0.326 e. The van der Waals surface area contributed by atoms with Crippen molar-refractivity contribution in [1.29, 1.82) is 0 Å². The molecule has 0 saturated heterocycles. The second kappa shape index (κ2) is 5.00. The maximum atomic E-state index is 6.19. The molecule has 0 aliphatic heterocycles. The van der Waals surface area contributed by atoms with Crippen molar-refractivity contribution < 1.29 is 0 Å². The average Bonchev–Trinajstić information content (AvgIpc) is 2.46. The lowest BCUT2D eigenvalue weighted by molar-refractivity contribution is 1.07. The first-order valence-corrected chi connectivity index (χ1v) is 6.50. The number of para-hydroxylation sites is 1. The Labute approximate surface area is 116 Å². The molecular weight excluding hydrogens is 256 g/mol. The molecule has 0 unspecified atom stereocenters. The summed E-state index contributed by atoms with van der Waals surface area (Å²) in [6.07, 6.45) is 0. The van der Waals surface area contributed by atoms with E-state index in [9.17, 15) is 0 Å². The maximum Gasteiger partial charge on any atom is 0.0710 e. The standard InChI is InChI=1S/C16H13ClN2/c17-14-9-12(5-6-13(14)10-18)16-8-7-11-3-1-2-4-15(11)19-16/h1-9H,10,18H2. The number of nitrogens with two attached hydrogens (primary N) is 1. The molecule has 0 bridgehead atoms. The van der Waals surface area contributed by atoms with E-state index in [1.54, 1.807) is 0 Å². The third-order valence-corrected chi connectivity index (χ3v) is 3.52. The largest absolute Gasteiger partial charge is 0.326 e. The van der Waals surface area contributed by atoms with Crippen LogP contribution in [0.25, 0.3) is 22.2 Å². The van der Waals surface area contributed by atoms with Gasteiger partial charge in [0.15, 0.2) is 0 Å². The minimum atomic E-state index is 0.449. The van der Waals surface area contributed by atoms with Crippen LogP contribution >= 0.6 is 11.6 Å². The summed E-state index contributed by atoms with van der Waals surface area (Å²) in [5.41, 5.74) is 9.48. The predicted octanol–water partition coefficient (Wildman–Crippen LogP) is 4.01. The first-order valence-electron chi connectivity index (χ1n) is 6.12. The van der Waals surface area contributed by atoms with E-state index < -0.39 is 0 Å². The van der Waals surface area contributed by atoms with Gasteiger partial charge in [0.2, 0.25) is 0 Å². The van der Waals surface area contributed by atoms with Gasteiger partial charge < -0.3 is 5.73 Å². The van der Waals surface area contributed by atoms with E-state index in [2.05, 4.69) is 17.1 Å². The molecule has 1 heterocycles. The third-order valence-electron chi connectivity index (χ3n) is 3.17. The molecule has 0 radical (unpaired) electrons.